The van der Waals surface area contributed by atoms with Gasteiger partial charge in [0.15, 0.2) is 0 Å². The fourth-order valence-corrected chi connectivity index (χ4v) is 2.16. The first-order chi connectivity index (χ1) is 7.63. The lowest BCUT2D eigenvalue weighted by atomic mass is 9.92. The Kier molecular flexibility index (Phi) is 4.73. The van der Waals surface area contributed by atoms with Crippen molar-refractivity contribution in [1.82, 2.24) is 10.2 Å². The van der Waals surface area contributed by atoms with Crippen molar-refractivity contribution in [3.8, 4) is 0 Å². The van der Waals surface area contributed by atoms with Crippen LogP contribution in [-0.4, -0.2) is 47.9 Å². The number of hydrogen-bond donors (Lipinski definition) is 2. The smallest absolute Gasteiger partial charge is 0.236 e. The van der Waals surface area contributed by atoms with Gasteiger partial charge in [0.1, 0.15) is 0 Å². The number of likely N-dealkylation sites (tertiary alicyclic amines) is 1. The molecule has 0 saturated carbocycles. The Morgan fingerprint density at radius 1 is 1.75 bits per heavy atom. The van der Waals surface area contributed by atoms with Gasteiger partial charge in [-0.1, -0.05) is 12.1 Å². The number of hydrogen-bond acceptors (Lipinski definition) is 4. The third-order valence-corrected chi connectivity index (χ3v) is 3.38. The van der Waals surface area contributed by atoms with Crippen LogP contribution in [0.4, 0.5) is 0 Å². The molecule has 0 radical (unpaired) electrons. The molecule has 2 unspecified atom stereocenters. The largest absolute Gasteiger partial charge is 0.411 e. The van der Waals surface area contributed by atoms with E-state index in [0.717, 1.165) is 31.6 Å². The third-order valence-electron chi connectivity index (χ3n) is 3.38. The molecule has 0 bridgehead atoms. The molecule has 1 aliphatic heterocycles. The first-order valence-electron chi connectivity index (χ1n) is 5.80. The highest BCUT2D eigenvalue weighted by atomic mass is 16.4. The van der Waals surface area contributed by atoms with Crippen LogP contribution in [-0.2, 0) is 4.79 Å². The van der Waals surface area contributed by atoms with Gasteiger partial charge in [0.25, 0.3) is 0 Å². The van der Waals surface area contributed by atoms with E-state index in [4.69, 9.17) is 5.21 Å². The van der Waals surface area contributed by atoms with E-state index in [2.05, 4.69) is 22.3 Å². The minimum Gasteiger partial charge on any atom is -0.411 e. The van der Waals surface area contributed by atoms with E-state index >= 15 is 0 Å². The molecule has 0 spiro atoms. The zero-order valence-electron chi connectivity index (χ0n) is 10.2. The molecule has 2 N–H and O–H groups in total. The highest BCUT2D eigenvalue weighted by Gasteiger charge is 2.29. The van der Waals surface area contributed by atoms with Crippen molar-refractivity contribution in [2.24, 2.45) is 11.1 Å². The zero-order chi connectivity index (χ0) is 12.1. The summed E-state index contributed by atoms with van der Waals surface area (Å²) in [5.74, 6) is 0.310. The molecule has 92 valence electrons. The molecule has 0 aromatic carbocycles. The van der Waals surface area contributed by atoms with Crippen LogP contribution >= 0.6 is 0 Å². The average molecular weight is 227 g/mol. The number of likely N-dealkylation sites (N-methyl/N-ethyl adjacent to an activating group) is 1. The van der Waals surface area contributed by atoms with Crippen molar-refractivity contribution in [3.05, 3.63) is 0 Å². The molecular weight excluding hydrogens is 206 g/mol. The van der Waals surface area contributed by atoms with Gasteiger partial charge in [-0.2, -0.15) is 0 Å². The van der Waals surface area contributed by atoms with E-state index in [1.807, 2.05) is 6.92 Å². The summed E-state index contributed by atoms with van der Waals surface area (Å²) in [7, 11) is 1.65. The third kappa shape index (κ3) is 2.72. The molecule has 1 aliphatic rings. The van der Waals surface area contributed by atoms with Crippen molar-refractivity contribution in [1.29, 1.82) is 0 Å². The number of oxime groups is 1. The number of rotatable bonds is 3. The lowest BCUT2D eigenvalue weighted by Gasteiger charge is -2.35. The second kappa shape index (κ2) is 5.84. The van der Waals surface area contributed by atoms with Crippen LogP contribution in [0.25, 0.3) is 0 Å². The minimum absolute atomic E-state index is 0.0410. The molecule has 1 fully saturated rings. The number of nitrogens with one attached hydrogen (secondary N) is 1. The molecule has 1 heterocycles. The van der Waals surface area contributed by atoms with Crippen LogP contribution in [0, 0.1) is 5.92 Å². The number of carbonyl (C=O) groups is 1. The topological polar surface area (TPSA) is 64.9 Å². The predicted molar refractivity (Wildman–Crippen MR) is 62.7 cm³/mol. The summed E-state index contributed by atoms with van der Waals surface area (Å²) < 4.78 is 0. The zero-order valence-corrected chi connectivity index (χ0v) is 10.2. The first-order valence-corrected chi connectivity index (χ1v) is 5.80. The molecule has 0 aliphatic carbocycles. The van der Waals surface area contributed by atoms with Gasteiger partial charge in [0.2, 0.25) is 5.91 Å². The van der Waals surface area contributed by atoms with Gasteiger partial charge in [-0.05, 0) is 13.3 Å². The summed E-state index contributed by atoms with van der Waals surface area (Å²) in [6, 6.07) is -0.112. The molecule has 1 amide bonds. The van der Waals surface area contributed by atoms with Gasteiger partial charge in [0.05, 0.1) is 11.8 Å². The van der Waals surface area contributed by atoms with Crippen LogP contribution < -0.4 is 5.32 Å². The van der Waals surface area contributed by atoms with Crippen molar-refractivity contribution in [2.45, 2.75) is 32.7 Å². The lowest BCUT2D eigenvalue weighted by molar-refractivity contribution is -0.125. The molecule has 5 nitrogen and oxygen atoms in total. The van der Waals surface area contributed by atoms with E-state index in [-0.39, 0.29) is 17.9 Å². The van der Waals surface area contributed by atoms with Crippen LogP contribution in [0.15, 0.2) is 5.16 Å². The summed E-state index contributed by atoms with van der Waals surface area (Å²) in [6.07, 6.45) is 1.69. The van der Waals surface area contributed by atoms with E-state index in [9.17, 15) is 4.79 Å². The molecule has 0 aromatic heterocycles. The van der Waals surface area contributed by atoms with E-state index in [0.29, 0.717) is 0 Å². The number of carbonyl (C=O) groups excluding carboxylic acids is 1. The van der Waals surface area contributed by atoms with Crippen LogP contribution in [0.5, 0.6) is 0 Å². The van der Waals surface area contributed by atoms with Crippen molar-refractivity contribution in [3.63, 3.8) is 0 Å². The Bertz CT molecular complexity index is 278. The minimum atomic E-state index is -0.112. The number of nitrogens with zero attached hydrogens (tertiary/aromatic N) is 2. The SMILES string of the molecule is CCC1CN(C(C)C(=O)NC)CCC1=NO. The summed E-state index contributed by atoms with van der Waals surface area (Å²) >= 11 is 0. The quantitative estimate of drug-likeness (QED) is 0.550. The predicted octanol–water partition coefficient (Wildman–Crippen LogP) is 0.683. The number of amides is 1. The summed E-state index contributed by atoms with van der Waals surface area (Å²) in [4.78, 5) is 13.7. The number of piperidine rings is 1. The molecular formula is C11H21N3O2. The van der Waals surface area contributed by atoms with Gasteiger partial charge in [-0.25, -0.2) is 0 Å². The Morgan fingerprint density at radius 3 is 2.94 bits per heavy atom. The molecule has 2 atom stereocenters. The molecule has 0 aromatic rings. The average Bonchev–Trinajstić information content (AvgIpc) is 2.35. The van der Waals surface area contributed by atoms with E-state index in [1.54, 1.807) is 7.05 Å². The van der Waals surface area contributed by atoms with E-state index < -0.39 is 0 Å². The van der Waals surface area contributed by atoms with Crippen molar-refractivity contribution < 1.29 is 10.0 Å². The first kappa shape index (κ1) is 13.0. The maximum absolute atomic E-state index is 11.5. The Morgan fingerprint density at radius 2 is 2.44 bits per heavy atom. The van der Waals surface area contributed by atoms with Crippen LogP contribution in [0.3, 0.4) is 0 Å². The van der Waals surface area contributed by atoms with Gasteiger partial charge in [0, 0.05) is 32.5 Å². The second-order valence-corrected chi connectivity index (χ2v) is 4.23. The summed E-state index contributed by atoms with van der Waals surface area (Å²) in [5, 5.41) is 14.9. The highest BCUT2D eigenvalue weighted by Crippen LogP contribution is 2.19. The van der Waals surface area contributed by atoms with Gasteiger partial charge < -0.3 is 10.5 Å². The van der Waals surface area contributed by atoms with Gasteiger partial charge in [-0.3, -0.25) is 9.69 Å². The van der Waals surface area contributed by atoms with Crippen molar-refractivity contribution in [2.75, 3.05) is 20.1 Å². The Balaban J connectivity index is 2.63. The maximum atomic E-state index is 11.5. The molecule has 1 rings (SSSR count). The molecule has 16 heavy (non-hydrogen) atoms. The van der Waals surface area contributed by atoms with Crippen molar-refractivity contribution >= 4 is 11.6 Å². The summed E-state index contributed by atoms with van der Waals surface area (Å²) in [5.41, 5.74) is 0.864. The van der Waals surface area contributed by atoms with Crippen LogP contribution in [0.1, 0.15) is 26.7 Å². The van der Waals surface area contributed by atoms with Gasteiger partial charge >= 0.3 is 0 Å². The Labute approximate surface area is 96.5 Å². The normalized spacial score (nSPS) is 26.7. The maximum Gasteiger partial charge on any atom is 0.236 e. The summed E-state index contributed by atoms with van der Waals surface area (Å²) in [6.45, 7) is 5.56. The van der Waals surface area contributed by atoms with Crippen LogP contribution in [0.2, 0.25) is 0 Å². The lowest BCUT2D eigenvalue weighted by Crippen LogP contribution is -2.50. The molecule has 5 heteroatoms. The second-order valence-electron chi connectivity index (χ2n) is 4.23. The molecule has 1 saturated heterocycles. The Hall–Kier alpha value is -1.10. The standard InChI is InChI=1S/C11H21N3O2/c1-4-9-7-14(6-5-10(9)13-16)8(2)11(15)12-3/h8-9,16H,4-7H2,1-3H3,(H,12,15). The monoisotopic (exact) mass is 227 g/mol. The fourth-order valence-electron chi connectivity index (χ4n) is 2.16. The fraction of sp³-hybridized carbons (Fsp3) is 0.818. The van der Waals surface area contributed by atoms with E-state index in [1.165, 1.54) is 0 Å². The highest BCUT2D eigenvalue weighted by molar-refractivity contribution is 5.88. The van der Waals surface area contributed by atoms with Gasteiger partial charge in [-0.15, -0.1) is 0 Å².